The van der Waals surface area contributed by atoms with Crippen molar-refractivity contribution in [2.45, 2.75) is 101 Å². The minimum Gasteiger partial charge on any atom is -0.355 e. The highest BCUT2D eigenvalue weighted by molar-refractivity contribution is 7.94. The molecular weight excluding hydrogens is 420 g/mol. The van der Waals surface area contributed by atoms with Crippen molar-refractivity contribution >= 4 is 23.9 Å². The fourth-order valence-corrected chi connectivity index (χ4v) is 4.08. The van der Waals surface area contributed by atoms with Gasteiger partial charge in [0.25, 0.3) is 0 Å². The van der Waals surface area contributed by atoms with Gasteiger partial charge in [0.1, 0.15) is 0 Å². The van der Waals surface area contributed by atoms with E-state index in [4.69, 9.17) is 4.18 Å². The Bertz CT molecular complexity index is 586. The lowest BCUT2D eigenvalue weighted by Gasteiger charge is -2.35. The molecule has 32 heavy (non-hydrogen) atoms. The number of hydrogen-bond donors (Lipinski definition) is 2. The Kier molecular flexibility index (Phi) is 12.9. The minimum absolute atomic E-state index is 0.0530. The summed E-state index contributed by atoms with van der Waals surface area (Å²) in [7, 11) is 0. The van der Waals surface area contributed by atoms with Gasteiger partial charge in [0.15, 0.2) is 0 Å². The Morgan fingerprint density at radius 1 is 0.938 bits per heavy atom. The SMILES string of the molecule is CC(C)C(C)CC(C)(C)NC(=O)CCSOCC(C)(C)CNC(=O)C(C)C(C)(C)C(C)C. The van der Waals surface area contributed by atoms with E-state index in [0.717, 1.165) is 6.42 Å². The Morgan fingerprint density at radius 3 is 2.00 bits per heavy atom. The lowest BCUT2D eigenvalue weighted by atomic mass is 9.71. The van der Waals surface area contributed by atoms with Crippen LogP contribution in [0, 0.1) is 34.5 Å². The summed E-state index contributed by atoms with van der Waals surface area (Å²) in [5, 5.41) is 6.26. The summed E-state index contributed by atoms with van der Waals surface area (Å²) in [6.07, 6.45) is 1.40. The number of carbonyl (C=O) groups is 2. The van der Waals surface area contributed by atoms with E-state index in [0.29, 0.717) is 43.1 Å². The molecule has 0 aliphatic carbocycles. The van der Waals surface area contributed by atoms with Crippen LogP contribution in [0.4, 0.5) is 0 Å². The van der Waals surface area contributed by atoms with Gasteiger partial charge in [-0.1, -0.05) is 69.2 Å². The maximum absolute atomic E-state index is 12.6. The molecule has 0 aromatic heterocycles. The van der Waals surface area contributed by atoms with Gasteiger partial charge in [-0.15, -0.1) is 0 Å². The van der Waals surface area contributed by atoms with Crippen molar-refractivity contribution < 1.29 is 13.8 Å². The highest BCUT2D eigenvalue weighted by Crippen LogP contribution is 2.35. The lowest BCUT2D eigenvalue weighted by molar-refractivity contribution is -0.129. The Hall–Kier alpha value is -0.750. The van der Waals surface area contributed by atoms with E-state index in [9.17, 15) is 9.59 Å². The van der Waals surface area contributed by atoms with Gasteiger partial charge in [-0.3, -0.25) is 9.59 Å². The van der Waals surface area contributed by atoms with Crippen molar-refractivity contribution in [1.29, 1.82) is 0 Å². The molecule has 190 valence electrons. The molecule has 5 nitrogen and oxygen atoms in total. The van der Waals surface area contributed by atoms with Crippen LogP contribution in [0.5, 0.6) is 0 Å². The van der Waals surface area contributed by atoms with Crippen molar-refractivity contribution in [3.05, 3.63) is 0 Å². The number of amides is 2. The van der Waals surface area contributed by atoms with E-state index in [2.05, 4.69) is 86.8 Å². The molecule has 0 aromatic rings. The minimum atomic E-state index is -0.201. The molecule has 0 heterocycles. The summed E-state index contributed by atoms with van der Waals surface area (Å²) in [4.78, 5) is 24.9. The predicted octanol–water partition coefficient (Wildman–Crippen LogP) is 6.08. The van der Waals surface area contributed by atoms with Crippen LogP contribution in [-0.4, -0.2) is 36.3 Å². The van der Waals surface area contributed by atoms with Crippen LogP contribution in [0.25, 0.3) is 0 Å². The van der Waals surface area contributed by atoms with E-state index in [1.54, 1.807) is 0 Å². The highest BCUT2D eigenvalue weighted by Gasteiger charge is 2.34. The Morgan fingerprint density at radius 2 is 1.50 bits per heavy atom. The van der Waals surface area contributed by atoms with Crippen LogP contribution in [0.15, 0.2) is 0 Å². The highest BCUT2D eigenvalue weighted by atomic mass is 32.2. The standard InChI is InChI=1S/C26H52N2O3S/c1-18(2)20(5)15-25(9,10)28-22(29)13-14-32-31-17-24(7,8)16-27-23(30)21(6)26(11,12)19(3)4/h18-21H,13-17H2,1-12H3,(H,27,30)(H,28,29). The van der Waals surface area contributed by atoms with Crippen LogP contribution >= 0.6 is 12.0 Å². The largest absolute Gasteiger partial charge is 0.355 e. The first-order valence-electron chi connectivity index (χ1n) is 12.2. The summed E-state index contributed by atoms with van der Waals surface area (Å²) in [5.74, 6) is 2.31. The molecule has 0 saturated heterocycles. The van der Waals surface area contributed by atoms with Gasteiger partial charge < -0.3 is 14.8 Å². The number of nitrogens with one attached hydrogen (secondary N) is 2. The van der Waals surface area contributed by atoms with E-state index < -0.39 is 0 Å². The monoisotopic (exact) mass is 472 g/mol. The van der Waals surface area contributed by atoms with Crippen LogP contribution in [0.1, 0.15) is 95.9 Å². The Labute approximate surface area is 203 Å². The average molecular weight is 473 g/mol. The quantitative estimate of drug-likeness (QED) is 0.224. The van der Waals surface area contributed by atoms with Crippen LogP contribution < -0.4 is 10.6 Å². The normalized spacial score (nSPS) is 15.1. The van der Waals surface area contributed by atoms with Crippen molar-refractivity contribution in [3.8, 4) is 0 Å². The first-order valence-corrected chi connectivity index (χ1v) is 13.2. The Balaban J connectivity index is 4.26. The third-order valence-corrected chi connectivity index (χ3v) is 7.79. The molecule has 6 heteroatoms. The molecule has 0 saturated carbocycles. The summed E-state index contributed by atoms with van der Waals surface area (Å²) in [6, 6.07) is 0. The first-order chi connectivity index (χ1) is 14.4. The van der Waals surface area contributed by atoms with Gasteiger partial charge in [0.2, 0.25) is 11.8 Å². The second-order valence-electron chi connectivity index (χ2n) is 12.3. The molecule has 2 amide bonds. The van der Waals surface area contributed by atoms with E-state index in [1.165, 1.54) is 12.0 Å². The molecule has 0 radical (unpaired) electrons. The number of rotatable bonds is 15. The molecule has 0 aliphatic heterocycles. The van der Waals surface area contributed by atoms with Crippen molar-refractivity contribution in [3.63, 3.8) is 0 Å². The fraction of sp³-hybridized carbons (Fsp3) is 0.923. The fourth-order valence-electron chi connectivity index (χ4n) is 3.29. The van der Waals surface area contributed by atoms with Crippen molar-refractivity contribution in [2.75, 3.05) is 18.9 Å². The zero-order chi connectivity index (χ0) is 25.3. The summed E-state index contributed by atoms with van der Waals surface area (Å²) >= 11 is 1.33. The molecular formula is C26H52N2O3S. The zero-order valence-electron chi connectivity index (χ0n) is 23.0. The summed E-state index contributed by atoms with van der Waals surface area (Å²) in [5.41, 5.74) is -0.433. The topological polar surface area (TPSA) is 67.4 Å². The summed E-state index contributed by atoms with van der Waals surface area (Å²) in [6.45, 7) is 26.7. The molecule has 0 aliphatic rings. The molecule has 0 rings (SSSR count). The third kappa shape index (κ3) is 11.9. The van der Waals surface area contributed by atoms with E-state index in [1.807, 2.05) is 6.92 Å². The maximum atomic E-state index is 12.6. The van der Waals surface area contributed by atoms with Gasteiger partial charge in [-0.05, 0) is 55.5 Å². The molecule has 2 N–H and O–H groups in total. The number of hydrogen-bond acceptors (Lipinski definition) is 4. The maximum Gasteiger partial charge on any atom is 0.223 e. The van der Waals surface area contributed by atoms with E-state index >= 15 is 0 Å². The van der Waals surface area contributed by atoms with Crippen molar-refractivity contribution in [2.24, 2.45) is 34.5 Å². The molecule has 0 spiro atoms. The second-order valence-corrected chi connectivity index (χ2v) is 13.2. The molecule has 0 bridgehead atoms. The average Bonchev–Trinajstić information content (AvgIpc) is 2.63. The van der Waals surface area contributed by atoms with E-state index in [-0.39, 0.29) is 34.1 Å². The smallest absolute Gasteiger partial charge is 0.223 e. The third-order valence-electron chi connectivity index (χ3n) is 7.13. The van der Waals surface area contributed by atoms with Gasteiger partial charge in [-0.2, -0.15) is 0 Å². The second kappa shape index (κ2) is 13.2. The van der Waals surface area contributed by atoms with Crippen LogP contribution in [0.2, 0.25) is 0 Å². The predicted molar refractivity (Wildman–Crippen MR) is 138 cm³/mol. The van der Waals surface area contributed by atoms with Crippen molar-refractivity contribution in [1.82, 2.24) is 10.6 Å². The van der Waals surface area contributed by atoms with Gasteiger partial charge in [0.05, 0.1) is 6.61 Å². The molecule has 0 fully saturated rings. The van der Waals surface area contributed by atoms with Crippen LogP contribution in [0.3, 0.4) is 0 Å². The first kappa shape index (κ1) is 31.2. The molecule has 0 aromatic carbocycles. The van der Waals surface area contributed by atoms with Gasteiger partial charge in [0, 0.05) is 35.6 Å². The van der Waals surface area contributed by atoms with Gasteiger partial charge >= 0.3 is 0 Å². The molecule has 2 unspecified atom stereocenters. The zero-order valence-corrected chi connectivity index (χ0v) is 23.8. The summed E-state index contributed by atoms with van der Waals surface area (Å²) < 4.78 is 5.76. The number of carbonyl (C=O) groups excluding carboxylic acids is 2. The lowest BCUT2D eigenvalue weighted by Crippen LogP contribution is -2.45. The molecule has 2 atom stereocenters. The van der Waals surface area contributed by atoms with Crippen LogP contribution in [-0.2, 0) is 13.8 Å². The van der Waals surface area contributed by atoms with Gasteiger partial charge in [-0.25, -0.2) is 0 Å².